The molecule has 0 unspecified atom stereocenters. The maximum Gasteiger partial charge on any atom is 0.284 e. The summed E-state index contributed by atoms with van der Waals surface area (Å²) in [7, 11) is 0. The number of nitro benzene ring substituents is 2. The fourth-order valence-electron chi connectivity index (χ4n) is 1.65. The lowest BCUT2D eigenvalue weighted by Crippen LogP contribution is -1.93. The van der Waals surface area contributed by atoms with Gasteiger partial charge in [0, 0.05) is 29.6 Å². The minimum Gasteiger partial charge on any atom is -0.399 e. The zero-order valence-corrected chi connectivity index (χ0v) is 13.9. The number of rotatable bonds is 5. The van der Waals surface area contributed by atoms with Crippen LogP contribution < -0.4 is 11.5 Å². The third-order valence-electron chi connectivity index (χ3n) is 2.72. The summed E-state index contributed by atoms with van der Waals surface area (Å²) in [6.45, 7) is 2.04. The highest BCUT2D eigenvalue weighted by molar-refractivity contribution is 7.99. The van der Waals surface area contributed by atoms with E-state index in [1.807, 2.05) is 6.92 Å². The smallest absolute Gasteiger partial charge is 0.284 e. The maximum atomic E-state index is 10.7. The van der Waals surface area contributed by atoms with Crippen molar-refractivity contribution in [2.45, 2.75) is 18.2 Å². The number of nitrogens with two attached hydrogens (primary N) is 2. The van der Waals surface area contributed by atoms with E-state index in [0.29, 0.717) is 16.3 Å². The molecule has 0 saturated heterocycles. The second-order valence-electron chi connectivity index (χ2n) is 4.68. The Bertz CT molecular complexity index is 724. The fourth-order valence-corrected chi connectivity index (χ4v) is 2.52. The van der Waals surface area contributed by atoms with Crippen LogP contribution in [0.5, 0.6) is 0 Å². The van der Waals surface area contributed by atoms with Gasteiger partial charge in [-0.2, -0.15) is 0 Å². The molecule has 2 rings (SSSR count). The van der Waals surface area contributed by atoms with Gasteiger partial charge in [-0.1, -0.05) is 13.0 Å². The summed E-state index contributed by atoms with van der Waals surface area (Å²) in [6, 6.07) is 10.7. The van der Waals surface area contributed by atoms with Gasteiger partial charge in [-0.3, -0.25) is 20.2 Å². The molecule has 0 atom stereocenters. The van der Waals surface area contributed by atoms with E-state index < -0.39 is 9.85 Å². The number of nitrogens with zero attached hydrogens (tertiary/aromatic N) is 2. The van der Waals surface area contributed by atoms with Crippen LogP contribution >= 0.6 is 11.8 Å². The fraction of sp³-hybridized carbons (Fsp3) is 0.200. The highest BCUT2D eigenvalue weighted by Gasteiger charge is 2.13. The Balaban J connectivity index is 0.000000254. The molecule has 0 aromatic heterocycles. The third-order valence-corrected chi connectivity index (χ3v) is 3.99. The van der Waals surface area contributed by atoms with Crippen LogP contribution in [0.1, 0.15) is 13.3 Å². The zero-order valence-electron chi connectivity index (χ0n) is 13.0. The SMILES string of the molecule is CCCSc1ccc(N)cc1[N+](=O)[O-].Nc1cccc([N+](=O)[O-])c1. The molecule has 4 N–H and O–H groups in total. The first kappa shape index (κ1) is 19.2. The molecule has 0 amide bonds. The first-order chi connectivity index (χ1) is 11.3. The molecule has 0 heterocycles. The summed E-state index contributed by atoms with van der Waals surface area (Å²) >= 11 is 1.49. The van der Waals surface area contributed by atoms with E-state index >= 15 is 0 Å². The Labute approximate surface area is 143 Å². The van der Waals surface area contributed by atoms with E-state index in [-0.39, 0.29) is 11.4 Å². The van der Waals surface area contributed by atoms with Crippen molar-refractivity contribution in [1.29, 1.82) is 0 Å². The highest BCUT2D eigenvalue weighted by Crippen LogP contribution is 2.30. The zero-order chi connectivity index (χ0) is 18.1. The van der Waals surface area contributed by atoms with Crippen molar-refractivity contribution >= 4 is 34.5 Å². The minimum atomic E-state index is -0.476. The third kappa shape index (κ3) is 6.13. The van der Waals surface area contributed by atoms with Crippen LogP contribution in [-0.2, 0) is 0 Å². The molecular formula is C15H18N4O4S. The van der Waals surface area contributed by atoms with E-state index in [4.69, 9.17) is 11.5 Å². The van der Waals surface area contributed by atoms with Crippen molar-refractivity contribution < 1.29 is 9.85 Å². The van der Waals surface area contributed by atoms with Gasteiger partial charge < -0.3 is 11.5 Å². The molecule has 0 fully saturated rings. The second kappa shape index (κ2) is 9.36. The normalized spacial score (nSPS) is 9.71. The molecule has 2 aromatic carbocycles. The first-order valence-corrected chi connectivity index (χ1v) is 8.00. The number of nitrogen functional groups attached to an aromatic ring is 2. The molecule has 0 aliphatic carbocycles. The molecule has 0 aliphatic rings. The molecule has 0 saturated carbocycles. The number of thioether (sulfide) groups is 1. The van der Waals surface area contributed by atoms with Gasteiger partial charge in [0.1, 0.15) is 0 Å². The second-order valence-corrected chi connectivity index (χ2v) is 5.82. The van der Waals surface area contributed by atoms with Crippen LogP contribution in [-0.4, -0.2) is 15.6 Å². The summed E-state index contributed by atoms with van der Waals surface area (Å²) < 4.78 is 0. The molecular weight excluding hydrogens is 332 g/mol. The van der Waals surface area contributed by atoms with Gasteiger partial charge >= 0.3 is 0 Å². The van der Waals surface area contributed by atoms with Crippen LogP contribution in [0.15, 0.2) is 47.4 Å². The van der Waals surface area contributed by atoms with Crippen molar-refractivity contribution in [3.63, 3.8) is 0 Å². The lowest BCUT2D eigenvalue weighted by Gasteiger charge is -2.02. The van der Waals surface area contributed by atoms with Crippen LogP contribution in [0.3, 0.4) is 0 Å². The average molecular weight is 350 g/mol. The molecule has 2 aromatic rings. The molecule has 128 valence electrons. The van der Waals surface area contributed by atoms with Crippen molar-refractivity contribution in [3.8, 4) is 0 Å². The molecule has 9 heteroatoms. The van der Waals surface area contributed by atoms with E-state index in [1.54, 1.807) is 24.3 Å². The van der Waals surface area contributed by atoms with Gasteiger partial charge in [-0.25, -0.2) is 0 Å². The number of non-ortho nitro benzene ring substituents is 1. The van der Waals surface area contributed by atoms with E-state index in [9.17, 15) is 20.2 Å². The predicted octanol–water partition coefficient (Wildman–Crippen LogP) is 3.86. The van der Waals surface area contributed by atoms with Crippen LogP contribution in [0.2, 0.25) is 0 Å². The Hall–Kier alpha value is -2.81. The summed E-state index contributed by atoms with van der Waals surface area (Å²) in [5.41, 5.74) is 11.7. The van der Waals surface area contributed by atoms with Crippen molar-refractivity contribution in [1.82, 2.24) is 0 Å². The van der Waals surface area contributed by atoms with Crippen LogP contribution in [0.25, 0.3) is 0 Å². The van der Waals surface area contributed by atoms with Crippen molar-refractivity contribution in [2.75, 3.05) is 17.2 Å². The molecule has 8 nitrogen and oxygen atoms in total. The van der Waals surface area contributed by atoms with Crippen molar-refractivity contribution in [2.24, 2.45) is 0 Å². The summed E-state index contributed by atoms with van der Waals surface area (Å²) in [5.74, 6) is 0.880. The molecule has 24 heavy (non-hydrogen) atoms. The largest absolute Gasteiger partial charge is 0.399 e. The first-order valence-electron chi connectivity index (χ1n) is 7.01. The Morgan fingerprint density at radius 3 is 2.17 bits per heavy atom. The number of anilines is 2. The lowest BCUT2D eigenvalue weighted by molar-refractivity contribution is -0.387. The van der Waals surface area contributed by atoms with E-state index in [1.165, 1.54) is 30.0 Å². The van der Waals surface area contributed by atoms with Crippen molar-refractivity contribution in [3.05, 3.63) is 62.7 Å². The summed E-state index contributed by atoms with van der Waals surface area (Å²) in [4.78, 5) is 20.6. The number of hydrogen-bond acceptors (Lipinski definition) is 7. The molecule has 0 aliphatic heterocycles. The Morgan fingerprint density at radius 2 is 1.67 bits per heavy atom. The molecule has 0 spiro atoms. The van der Waals surface area contributed by atoms with Gasteiger partial charge in [-0.15, -0.1) is 11.8 Å². The van der Waals surface area contributed by atoms with Gasteiger partial charge in [0.25, 0.3) is 11.4 Å². The average Bonchev–Trinajstić information content (AvgIpc) is 2.54. The Kier molecular flexibility index (Phi) is 7.50. The number of nitro groups is 2. The van der Waals surface area contributed by atoms with Crippen LogP contribution in [0.4, 0.5) is 22.7 Å². The minimum absolute atomic E-state index is 0.0278. The summed E-state index contributed by atoms with van der Waals surface area (Å²) in [6.07, 6.45) is 0.992. The quantitative estimate of drug-likeness (QED) is 0.361. The molecule has 0 radical (unpaired) electrons. The predicted molar refractivity (Wildman–Crippen MR) is 96.0 cm³/mol. The Morgan fingerprint density at radius 1 is 1.00 bits per heavy atom. The van der Waals surface area contributed by atoms with Gasteiger partial charge in [0.2, 0.25) is 0 Å². The maximum absolute atomic E-state index is 10.7. The number of benzene rings is 2. The van der Waals surface area contributed by atoms with Gasteiger partial charge in [0.15, 0.2) is 0 Å². The standard InChI is InChI=1S/C9H12N2O2S.C6H6N2O2/c1-2-5-14-9-4-3-7(10)6-8(9)11(12)13;7-5-2-1-3-6(4-5)8(9)10/h3-4,6H,2,5,10H2,1H3;1-4H,7H2. The number of hydrogen-bond donors (Lipinski definition) is 2. The molecule has 0 bridgehead atoms. The summed E-state index contributed by atoms with van der Waals surface area (Å²) in [5, 5.41) is 20.8. The van der Waals surface area contributed by atoms with Crippen LogP contribution in [0, 0.1) is 20.2 Å². The monoisotopic (exact) mass is 350 g/mol. The van der Waals surface area contributed by atoms with Gasteiger partial charge in [-0.05, 0) is 30.4 Å². The highest BCUT2D eigenvalue weighted by atomic mass is 32.2. The topological polar surface area (TPSA) is 138 Å². The van der Waals surface area contributed by atoms with Gasteiger partial charge in [0.05, 0.1) is 14.7 Å². The van der Waals surface area contributed by atoms with E-state index in [0.717, 1.165) is 12.2 Å². The van der Waals surface area contributed by atoms with E-state index in [2.05, 4.69) is 0 Å². The lowest BCUT2D eigenvalue weighted by atomic mass is 10.3.